The molecule has 6 heteroatoms. The van der Waals surface area contributed by atoms with Gasteiger partial charge in [0, 0.05) is 30.5 Å². The van der Waals surface area contributed by atoms with Crippen molar-refractivity contribution in [2.75, 3.05) is 0 Å². The van der Waals surface area contributed by atoms with Crippen LogP contribution in [-0.4, -0.2) is 20.7 Å². The minimum Gasteiger partial charge on any atom is -0.382 e. The van der Waals surface area contributed by atoms with Crippen LogP contribution in [0.25, 0.3) is 5.57 Å². The maximum Gasteiger partial charge on any atom is 0.148 e. The Labute approximate surface area is 245 Å². The Kier molecular flexibility index (Phi) is 11.6. The van der Waals surface area contributed by atoms with E-state index < -0.39 is 0 Å². The van der Waals surface area contributed by atoms with E-state index in [4.69, 9.17) is 5.73 Å². The summed E-state index contributed by atoms with van der Waals surface area (Å²) in [4.78, 5) is 14.9. The van der Waals surface area contributed by atoms with Crippen molar-refractivity contribution < 1.29 is 4.39 Å². The molecule has 2 N–H and O–H groups in total. The standard InChI is InChI=1S/C31H32FN5.2C2H6/c1-20(30-31(33)34-12-13-37(30)21(2)28-10-11-28)27-8-6-23(7-9-27)14-26-15-24(16-29(32)17-26)4-5-25-18-35-22(3)36-19-25;2*1-2/h6-9,12-13,15-19,28H,2,4-5,10-11,14H2,1,3H3,(H2,33,34);2*1-2H3/b30-20+;;. The monoisotopic (exact) mass is 553 g/mol. The second kappa shape index (κ2) is 15.1. The van der Waals surface area contributed by atoms with Crippen LogP contribution in [0.15, 0.2) is 90.2 Å². The van der Waals surface area contributed by atoms with Gasteiger partial charge in [0.25, 0.3) is 0 Å². The van der Waals surface area contributed by atoms with E-state index in [-0.39, 0.29) is 5.82 Å². The molecule has 1 aromatic heterocycles. The van der Waals surface area contributed by atoms with Gasteiger partial charge in [-0.25, -0.2) is 19.4 Å². The zero-order valence-electron chi connectivity index (χ0n) is 25.4. The first-order valence-corrected chi connectivity index (χ1v) is 14.7. The number of aliphatic imine (C=N–C) groups is 1. The van der Waals surface area contributed by atoms with E-state index in [0.717, 1.165) is 63.5 Å². The zero-order valence-corrected chi connectivity index (χ0v) is 25.4. The van der Waals surface area contributed by atoms with Gasteiger partial charge in [0.15, 0.2) is 0 Å². The van der Waals surface area contributed by atoms with E-state index in [9.17, 15) is 4.39 Å². The first-order valence-electron chi connectivity index (χ1n) is 14.7. The summed E-state index contributed by atoms with van der Waals surface area (Å²) in [6.45, 7) is 16.2. The quantitative estimate of drug-likeness (QED) is 0.306. The molecule has 2 heterocycles. The summed E-state index contributed by atoms with van der Waals surface area (Å²) < 4.78 is 14.4. The minimum atomic E-state index is -0.207. The molecular weight excluding hydrogens is 509 g/mol. The predicted molar refractivity (Wildman–Crippen MR) is 170 cm³/mol. The molecule has 1 aliphatic carbocycles. The Morgan fingerprint density at radius 3 is 2.17 bits per heavy atom. The Morgan fingerprint density at radius 2 is 1.54 bits per heavy atom. The maximum absolute atomic E-state index is 14.4. The van der Waals surface area contributed by atoms with Crippen LogP contribution in [0.5, 0.6) is 0 Å². The summed E-state index contributed by atoms with van der Waals surface area (Å²) in [7, 11) is 0. The third-order valence-corrected chi connectivity index (χ3v) is 6.98. The average Bonchev–Trinajstić information content (AvgIpc) is 3.84. The molecule has 2 aliphatic rings. The van der Waals surface area contributed by atoms with E-state index in [0.29, 0.717) is 18.2 Å². The summed E-state index contributed by atoms with van der Waals surface area (Å²) in [6, 6.07) is 13.7. The summed E-state index contributed by atoms with van der Waals surface area (Å²) >= 11 is 0. The number of aromatic nitrogens is 2. The molecule has 1 saturated carbocycles. The van der Waals surface area contributed by atoms with Gasteiger partial charge in [-0.1, -0.05) is 64.6 Å². The number of nitrogens with two attached hydrogens (primary N) is 1. The van der Waals surface area contributed by atoms with Crippen LogP contribution in [-0.2, 0) is 19.3 Å². The number of halogens is 1. The van der Waals surface area contributed by atoms with Crippen molar-refractivity contribution in [2.45, 2.75) is 73.6 Å². The van der Waals surface area contributed by atoms with Crippen molar-refractivity contribution in [3.63, 3.8) is 0 Å². The lowest BCUT2D eigenvalue weighted by Gasteiger charge is -2.29. The zero-order chi connectivity index (χ0) is 29.9. The van der Waals surface area contributed by atoms with Gasteiger partial charge in [-0.2, -0.15) is 0 Å². The van der Waals surface area contributed by atoms with Crippen molar-refractivity contribution in [1.82, 2.24) is 14.9 Å². The lowest BCUT2D eigenvalue weighted by molar-refractivity contribution is 0.556. The molecule has 0 saturated heterocycles. The summed E-state index contributed by atoms with van der Waals surface area (Å²) in [5.41, 5.74) is 14.5. The van der Waals surface area contributed by atoms with E-state index in [1.807, 2.05) is 53.2 Å². The molecule has 0 spiro atoms. The molecule has 0 bridgehead atoms. The molecule has 0 atom stereocenters. The van der Waals surface area contributed by atoms with Crippen molar-refractivity contribution >= 4 is 11.4 Å². The fraction of sp³-hybridized carbons (Fsp3) is 0.343. The topological polar surface area (TPSA) is 67.4 Å². The minimum absolute atomic E-state index is 0.207. The number of benzene rings is 2. The number of hydrogen-bond acceptors (Lipinski definition) is 5. The second-order valence-electron chi connectivity index (χ2n) is 9.90. The second-order valence-corrected chi connectivity index (χ2v) is 9.90. The highest BCUT2D eigenvalue weighted by Gasteiger charge is 2.31. The highest BCUT2D eigenvalue weighted by molar-refractivity contribution is 6.04. The molecule has 0 unspecified atom stereocenters. The average molecular weight is 554 g/mol. The van der Waals surface area contributed by atoms with Gasteiger partial charge in [-0.3, -0.25) is 0 Å². The maximum atomic E-state index is 14.4. The van der Waals surface area contributed by atoms with Crippen LogP contribution < -0.4 is 5.73 Å². The highest BCUT2D eigenvalue weighted by Crippen LogP contribution is 2.40. The van der Waals surface area contributed by atoms with Crippen LogP contribution in [0.2, 0.25) is 0 Å². The highest BCUT2D eigenvalue weighted by atomic mass is 19.1. The van der Waals surface area contributed by atoms with Gasteiger partial charge >= 0.3 is 0 Å². The molecule has 41 heavy (non-hydrogen) atoms. The van der Waals surface area contributed by atoms with Gasteiger partial charge < -0.3 is 10.6 Å². The normalized spacial score (nSPS) is 15.2. The van der Waals surface area contributed by atoms with Crippen LogP contribution in [0, 0.1) is 18.7 Å². The van der Waals surface area contributed by atoms with Gasteiger partial charge in [-0.05, 0) is 97.4 Å². The summed E-state index contributed by atoms with van der Waals surface area (Å²) in [6.07, 6.45) is 11.9. The van der Waals surface area contributed by atoms with E-state index in [1.165, 1.54) is 12.8 Å². The van der Waals surface area contributed by atoms with Gasteiger partial charge in [0.2, 0.25) is 0 Å². The number of nitrogens with zero attached hydrogens (tertiary/aromatic N) is 4. The largest absolute Gasteiger partial charge is 0.382 e. The molecule has 216 valence electrons. The van der Waals surface area contributed by atoms with Crippen LogP contribution >= 0.6 is 0 Å². The summed E-state index contributed by atoms with van der Waals surface area (Å²) in [5, 5.41) is 0. The van der Waals surface area contributed by atoms with Gasteiger partial charge in [-0.15, -0.1) is 0 Å². The van der Waals surface area contributed by atoms with E-state index >= 15 is 0 Å². The molecule has 5 rings (SSSR count). The number of amidine groups is 1. The van der Waals surface area contributed by atoms with Crippen molar-refractivity contribution in [3.8, 4) is 0 Å². The smallest absolute Gasteiger partial charge is 0.148 e. The summed E-state index contributed by atoms with van der Waals surface area (Å²) in [5.74, 6) is 1.56. The molecule has 1 fully saturated rings. The lowest BCUT2D eigenvalue weighted by Crippen LogP contribution is -2.31. The number of hydrogen-bond donors (Lipinski definition) is 1. The first-order chi connectivity index (χ1) is 19.9. The Morgan fingerprint density at radius 1 is 0.927 bits per heavy atom. The molecule has 0 amide bonds. The van der Waals surface area contributed by atoms with E-state index in [2.05, 4.69) is 63.7 Å². The fourth-order valence-corrected chi connectivity index (χ4v) is 4.71. The third-order valence-electron chi connectivity index (χ3n) is 6.98. The van der Waals surface area contributed by atoms with E-state index in [1.54, 1.807) is 18.3 Å². The molecule has 5 nitrogen and oxygen atoms in total. The first kappa shape index (κ1) is 31.5. The van der Waals surface area contributed by atoms with Gasteiger partial charge in [0.05, 0.1) is 5.70 Å². The molecule has 2 aromatic carbocycles. The lowest BCUT2D eigenvalue weighted by atomic mass is 9.97. The van der Waals surface area contributed by atoms with Crippen LogP contribution in [0.3, 0.4) is 0 Å². The number of allylic oxidation sites excluding steroid dienone is 2. The molecule has 0 radical (unpaired) electrons. The Balaban J connectivity index is 0.00000111. The fourth-order valence-electron chi connectivity index (χ4n) is 4.71. The van der Waals surface area contributed by atoms with Crippen molar-refractivity contribution in [2.24, 2.45) is 16.6 Å². The van der Waals surface area contributed by atoms with Crippen LogP contribution in [0.1, 0.15) is 81.1 Å². The van der Waals surface area contributed by atoms with Crippen molar-refractivity contribution in [3.05, 3.63) is 125 Å². The Hall–Kier alpha value is -4.06. The molecule has 1 aliphatic heterocycles. The number of aryl methyl sites for hydroxylation is 3. The molecular formula is C35H44FN5. The predicted octanol–water partition coefficient (Wildman–Crippen LogP) is 8.15. The Bertz CT molecular complexity index is 1400. The van der Waals surface area contributed by atoms with Crippen molar-refractivity contribution in [1.29, 1.82) is 0 Å². The molecule has 3 aromatic rings. The third kappa shape index (κ3) is 8.46. The SMILES string of the molecule is C=C(C1CC1)N1C=CN=C(N)/C1=C(/C)c1ccc(Cc2cc(F)cc(CCc3cnc(C)nc3)c2)cc1.CC.CC. The van der Waals surface area contributed by atoms with Crippen LogP contribution in [0.4, 0.5) is 4.39 Å². The number of rotatable bonds is 8. The van der Waals surface area contributed by atoms with Gasteiger partial charge in [0.1, 0.15) is 17.5 Å².